The monoisotopic (exact) mass is 291 g/mol. The first-order valence-electron chi connectivity index (χ1n) is 4.75. The molecule has 1 aromatic rings. The molecule has 1 aromatic carbocycles. The van der Waals surface area contributed by atoms with Crippen molar-refractivity contribution in [1.29, 1.82) is 0 Å². The third-order valence-electron chi connectivity index (χ3n) is 2.32. The van der Waals surface area contributed by atoms with Crippen LogP contribution < -0.4 is 14.8 Å². The summed E-state index contributed by atoms with van der Waals surface area (Å²) in [6, 6.07) is 1.49. The molecule has 1 atom stereocenters. The van der Waals surface area contributed by atoms with Crippen molar-refractivity contribution >= 4 is 15.9 Å². The summed E-state index contributed by atoms with van der Waals surface area (Å²) in [5.74, 6) is 0.203. The van der Waals surface area contributed by atoms with E-state index >= 15 is 0 Å². The van der Waals surface area contributed by atoms with Gasteiger partial charge in [-0.15, -0.1) is 0 Å². The largest absolute Gasteiger partial charge is 0.454 e. The van der Waals surface area contributed by atoms with Crippen molar-refractivity contribution < 1.29 is 19.0 Å². The molecule has 0 radical (unpaired) electrons. The first-order chi connectivity index (χ1) is 7.65. The Bertz CT molecular complexity index is 414. The minimum absolute atomic E-state index is 0.0461. The number of hydrogen-bond acceptors (Lipinski definition) is 4. The lowest BCUT2D eigenvalue weighted by Crippen LogP contribution is -2.18. The third kappa shape index (κ3) is 1.88. The number of halogens is 2. The summed E-state index contributed by atoms with van der Waals surface area (Å²) in [5.41, 5.74) is 0.122. The number of hydrogen-bond donors (Lipinski definition) is 2. The molecule has 2 N–H and O–H groups in total. The Labute approximate surface area is 100 Å². The molecule has 0 bridgehead atoms. The molecule has 4 nitrogen and oxygen atoms in total. The highest BCUT2D eigenvalue weighted by Gasteiger charge is 2.27. The van der Waals surface area contributed by atoms with Crippen LogP contribution in [0.1, 0.15) is 11.7 Å². The van der Waals surface area contributed by atoms with Crippen molar-refractivity contribution in [2.75, 3.05) is 20.4 Å². The van der Waals surface area contributed by atoms with Gasteiger partial charge in [0.15, 0.2) is 11.5 Å². The summed E-state index contributed by atoms with van der Waals surface area (Å²) in [6.45, 7) is 0.285. The average molecular weight is 292 g/mol. The summed E-state index contributed by atoms with van der Waals surface area (Å²) in [5, 5.41) is 12.6. The maximum absolute atomic E-state index is 13.9. The Hall–Kier alpha value is -0.850. The fraction of sp³-hybridized carbons (Fsp3) is 0.400. The summed E-state index contributed by atoms with van der Waals surface area (Å²) < 4.78 is 24.4. The van der Waals surface area contributed by atoms with Crippen molar-refractivity contribution in [2.45, 2.75) is 6.10 Å². The maximum Gasteiger partial charge on any atom is 0.231 e. The predicted octanol–water partition coefficient (Wildman–Crippen LogP) is 1.57. The zero-order chi connectivity index (χ0) is 11.7. The van der Waals surface area contributed by atoms with E-state index in [4.69, 9.17) is 9.47 Å². The van der Waals surface area contributed by atoms with Crippen molar-refractivity contribution in [3.05, 3.63) is 21.9 Å². The molecule has 1 aliphatic rings. The molecule has 0 aliphatic carbocycles. The molecule has 0 amide bonds. The minimum Gasteiger partial charge on any atom is -0.454 e. The van der Waals surface area contributed by atoms with Gasteiger partial charge in [-0.3, -0.25) is 0 Å². The van der Waals surface area contributed by atoms with Crippen LogP contribution in [0.3, 0.4) is 0 Å². The Kier molecular flexibility index (Phi) is 3.32. The molecule has 6 heteroatoms. The Morgan fingerprint density at radius 1 is 1.62 bits per heavy atom. The summed E-state index contributed by atoms with van der Waals surface area (Å²) >= 11 is 3.08. The highest BCUT2D eigenvalue weighted by molar-refractivity contribution is 9.10. The number of rotatable bonds is 3. The lowest BCUT2D eigenvalue weighted by Gasteiger charge is -2.14. The van der Waals surface area contributed by atoms with Gasteiger partial charge in [0.05, 0.1) is 16.1 Å². The molecule has 1 unspecified atom stereocenters. The lowest BCUT2D eigenvalue weighted by molar-refractivity contribution is 0.154. The van der Waals surface area contributed by atoms with E-state index < -0.39 is 11.9 Å². The molecule has 0 saturated heterocycles. The zero-order valence-corrected chi connectivity index (χ0v) is 10.2. The third-order valence-corrected chi connectivity index (χ3v) is 2.90. The molecule has 1 heterocycles. The first kappa shape index (κ1) is 11.6. The number of likely N-dealkylation sites (N-methyl/N-ethyl adjacent to an activating group) is 1. The highest BCUT2D eigenvalue weighted by atomic mass is 79.9. The van der Waals surface area contributed by atoms with Crippen LogP contribution in [0.4, 0.5) is 4.39 Å². The van der Waals surface area contributed by atoms with E-state index in [0.717, 1.165) is 0 Å². The number of aliphatic hydroxyl groups excluding tert-OH is 1. The Morgan fingerprint density at radius 2 is 2.38 bits per heavy atom. The van der Waals surface area contributed by atoms with Crippen LogP contribution >= 0.6 is 15.9 Å². The number of fused-ring (bicyclic) bond motifs is 1. The summed E-state index contributed by atoms with van der Waals surface area (Å²) in [7, 11) is 1.68. The average Bonchev–Trinajstić information content (AvgIpc) is 2.67. The van der Waals surface area contributed by atoms with Crippen molar-refractivity contribution in [1.82, 2.24) is 5.32 Å². The topological polar surface area (TPSA) is 50.7 Å². The van der Waals surface area contributed by atoms with Crippen LogP contribution in [-0.4, -0.2) is 25.5 Å². The number of aliphatic hydroxyl groups is 1. The molecular weight excluding hydrogens is 281 g/mol. The van der Waals surface area contributed by atoms with Crippen LogP contribution in [0.25, 0.3) is 0 Å². The second-order valence-corrected chi connectivity index (χ2v) is 4.25. The molecule has 0 saturated carbocycles. The Morgan fingerprint density at radius 3 is 3.06 bits per heavy atom. The summed E-state index contributed by atoms with van der Waals surface area (Å²) in [6.07, 6.45) is -0.974. The van der Waals surface area contributed by atoms with Gasteiger partial charge in [-0.05, 0) is 23.0 Å². The molecule has 0 aromatic heterocycles. The van der Waals surface area contributed by atoms with Gasteiger partial charge >= 0.3 is 0 Å². The number of ether oxygens (including phenoxy) is 2. The van der Waals surface area contributed by atoms with Crippen LogP contribution in [0.15, 0.2) is 10.5 Å². The van der Waals surface area contributed by atoms with Gasteiger partial charge in [0.1, 0.15) is 5.82 Å². The van der Waals surface area contributed by atoms with Crippen LogP contribution in [0.2, 0.25) is 0 Å². The van der Waals surface area contributed by atoms with Gasteiger partial charge in [0, 0.05) is 12.6 Å². The van der Waals surface area contributed by atoms with E-state index in [-0.39, 0.29) is 29.1 Å². The number of benzene rings is 1. The second-order valence-electron chi connectivity index (χ2n) is 3.39. The molecule has 88 valence electrons. The fourth-order valence-corrected chi connectivity index (χ4v) is 2.03. The van der Waals surface area contributed by atoms with Crippen molar-refractivity contribution in [3.63, 3.8) is 0 Å². The predicted molar refractivity (Wildman–Crippen MR) is 59.1 cm³/mol. The molecule has 0 fully saturated rings. The minimum atomic E-state index is -0.974. The van der Waals surface area contributed by atoms with Gasteiger partial charge in [-0.25, -0.2) is 4.39 Å². The fourth-order valence-electron chi connectivity index (χ4n) is 1.61. The van der Waals surface area contributed by atoms with Gasteiger partial charge in [0.25, 0.3) is 0 Å². The number of nitrogens with one attached hydrogen (secondary N) is 1. The van der Waals surface area contributed by atoms with E-state index in [0.29, 0.717) is 5.75 Å². The SMILES string of the molecule is CNCC(O)c1c(F)c(Br)cc2c1OCO2. The molecule has 1 aliphatic heterocycles. The normalized spacial score (nSPS) is 15.2. The Balaban J connectivity index is 2.49. The quantitative estimate of drug-likeness (QED) is 0.888. The maximum atomic E-state index is 13.9. The van der Waals surface area contributed by atoms with E-state index in [9.17, 15) is 9.50 Å². The van der Waals surface area contributed by atoms with Crippen molar-refractivity contribution in [2.24, 2.45) is 0 Å². The van der Waals surface area contributed by atoms with Crippen LogP contribution in [0.5, 0.6) is 11.5 Å². The van der Waals surface area contributed by atoms with Crippen LogP contribution in [0, 0.1) is 5.82 Å². The molecule has 0 spiro atoms. The molecular formula is C10H11BrFNO3. The smallest absolute Gasteiger partial charge is 0.231 e. The van der Waals surface area contributed by atoms with E-state index in [1.807, 2.05) is 0 Å². The highest BCUT2D eigenvalue weighted by Crippen LogP contribution is 2.43. The standard InChI is InChI=1S/C10H11BrFNO3/c1-13-3-6(14)8-9(12)5(11)2-7-10(8)16-4-15-7/h2,6,13-14H,3-4H2,1H3. The van der Waals surface area contributed by atoms with Crippen LogP contribution in [-0.2, 0) is 0 Å². The van der Waals surface area contributed by atoms with E-state index in [1.165, 1.54) is 6.07 Å². The lowest BCUT2D eigenvalue weighted by atomic mass is 10.1. The molecule has 2 rings (SSSR count). The summed E-state index contributed by atoms with van der Waals surface area (Å²) in [4.78, 5) is 0. The molecule has 16 heavy (non-hydrogen) atoms. The van der Waals surface area contributed by atoms with E-state index in [1.54, 1.807) is 7.05 Å². The van der Waals surface area contributed by atoms with Crippen molar-refractivity contribution in [3.8, 4) is 11.5 Å². The van der Waals surface area contributed by atoms with Gasteiger partial charge in [-0.1, -0.05) is 0 Å². The van der Waals surface area contributed by atoms with Gasteiger partial charge in [0.2, 0.25) is 6.79 Å². The van der Waals surface area contributed by atoms with E-state index in [2.05, 4.69) is 21.2 Å². The first-order valence-corrected chi connectivity index (χ1v) is 5.54. The zero-order valence-electron chi connectivity index (χ0n) is 8.59. The second kappa shape index (κ2) is 4.57. The van der Waals surface area contributed by atoms with Gasteiger partial charge in [-0.2, -0.15) is 0 Å². The van der Waals surface area contributed by atoms with Gasteiger partial charge < -0.3 is 19.9 Å².